The summed E-state index contributed by atoms with van der Waals surface area (Å²) in [7, 11) is -0.363. The first-order valence-electron chi connectivity index (χ1n) is 6.60. The summed E-state index contributed by atoms with van der Waals surface area (Å²) >= 11 is 1.58. The Morgan fingerprint density at radius 1 is 1.05 bits per heavy atom. The van der Waals surface area contributed by atoms with Crippen molar-refractivity contribution in [3.63, 3.8) is 0 Å². The maximum absolute atomic E-state index is 6.01. The summed E-state index contributed by atoms with van der Waals surface area (Å²) in [6.45, 7) is 8.18. The van der Waals surface area contributed by atoms with Crippen molar-refractivity contribution in [3.8, 4) is 10.7 Å². The topological polar surface area (TPSA) is 44.2 Å². The highest BCUT2D eigenvalue weighted by Crippen LogP contribution is 2.36. The smallest absolute Gasteiger partial charge is 0.399 e. The quantitative estimate of drug-likeness (QED) is 0.796. The van der Waals surface area contributed by atoms with E-state index in [1.54, 1.807) is 23.7 Å². The van der Waals surface area contributed by atoms with E-state index in [0.717, 1.165) is 16.2 Å². The number of pyridine rings is 1. The molecule has 6 heteroatoms. The van der Waals surface area contributed by atoms with E-state index in [1.807, 2.05) is 45.2 Å². The average molecular weight is 288 g/mol. The molecule has 3 heterocycles. The number of hydrogen-bond donors (Lipinski definition) is 0. The lowest BCUT2D eigenvalue weighted by Gasteiger charge is -2.32. The van der Waals surface area contributed by atoms with Crippen molar-refractivity contribution in [1.29, 1.82) is 0 Å². The third-order valence-corrected chi connectivity index (χ3v) is 4.76. The summed E-state index contributed by atoms with van der Waals surface area (Å²) in [4.78, 5) is 8.70. The van der Waals surface area contributed by atoms with Gasteiger partial charge in [-0.3, -0.25) is 4.98 Å². The fraction of sp³-hybridized carbons (Fsp3) is 0.429. The van der Waals surface area contributed by atoms with E-state index >= 15 is 0 Å². The Bertz CT molecular complexity index is 580. The van der Waals surface area contributed by atoms with Crippen LogP contribution in [-0.4, -0.2) is 28.3 Å². The summed E-state index contributed by atoms with van der Waals surface area (Å²) < 4.78 is 12.0. The number of nitrogens with zero attached hydrogens (tertiary/aromatic N) is 2. The van der Waals surface area contributed by atoms with Crippen molar-refractivity contribution in [3.05, 3.63) is 29.9 Å². The van der Waals surface area contributed by atoms with Gasteiger partial charge in [0.2, 0.25) is 0 Å². The van der Waals surface area contributed by atoms with Crippen molar-refractivity contribution in [2.75, 3.05) is 0 Å². The zero-order chi connectivity index (χ0) is 14.4. The predicted octanol–water partition coefficient (Wildman–Crippen LogP) is 2.50. The van der Waals surface area contributed by atoms with E-state index in [2.05, 4.69) is 9.97 Å². The van der Waals surface area contributed by atoms with Gasteiger partial charge in [-0.1, -0.05) is 6.07 Å². The minimum Gasteiger partial charge on any atom is -0.399 e. The monoisotopic (exact) mass is 288 g/mol. The standard InChI is InChI=1S/C14H17BN2O2S/c1-13(2)14(3,4)19-15(18-13)10-5-6-11(17-9-10)12-16-7-8-20-12/h5-9H,1-4H3. The summed E-state index contributed by atoms with van der Waals surface area (Å²) in [6, 6.07) is 3.95. The minimum absolute atomic E-state index is 0.328. The molecule has 0 aliphatic carbocycles. The Morgan fingerprint density at radius 2 is 1.75 bits per heavy atom. The molecule has 1 aliphatic rings. The van der Waals surface area contributed by atoms with E-state index in [9.17, 15) is 0 Å². The number of rotatable bonds is 2. The molecule has 4 nitrogen and oxygen atoms in total. The zero-order valence-electron chi connectivity index (χ0n) is 12.1. The Balaban J connectivity index is 1.83. The Hall–Kier alpha value is -1.24. The van der Waals surface area contributed by atoms with E-state index in [4.69, 9.17) is 9.31 Å². The van der Waals surface area contributed by atoms with Crippen LogP contribution >= 0.6 is 11.3 Å². The molecule has 20 heavy (non-hydrogen) atoms. The molecular formula is C14H17BN2O2S. The van der Waals surface area contributed by atoms with Gasteiger partial charge in [-0.25, -0.2) is 4.98 Å². The minimum atomic E-state index is -0.363. The molecule has 0 unspecified atom stereocenters. The van der Waals surface area contributed by atoms with Crippen molar-refractivity contribution >= 4 is 23.9 Å². The third kappa shape index (κ3) is 2.28. The molecule has 0 aromatic carbocycles. The Morgan fingerprint density at radius 3 is 2.25 bits per heavy atom. The maximum Gasteiger partial charge on any atom is 0.496 e. The normalized spacial score (nSPS) is 20.3. The number of thiazole rings is 1. The fourth-order valence-electron chi connectivity index (χ4n) is 2.00. The van der Waals surface area contributed by atoms with Crippen LogP contribution in [0.1, 0.15) is 27.7 Å². The lowest BCUT2D eigenvalue weighted by atomic mass is 9.80. The van der Waals surface area contributed by atoms with E-state index in [0.29, 0.717) is 0 Å². The molecule has 0 N–H and O–H groups in total. The molecular weight excluding hydrogens is 271 g/mol. The summed E-state index contributed by atoms with van der Waals surface area (Å²) in [5.74, 6) is 0. The van der Waals surface area contributed by atoms with Crippen LogP contribution in [0.4, 0.5) is 0 Å². The molecule has 104 valence electrons. The molecule has 0 radical (unpaired) electrons. The lowest BCUT2D eigenvalue weighted by molar-refractivity contribution is 0.00578. The molecule has 0 bridgehead atoms. The van der Waals surface area contributed by atoms with Crippen LogP contribution < -0.4 is 5.46 Å². The van der Waals surface area contributed by atoms with E-state index < -0.39 is 0 Å². The van der Waals surface area contributed by atoms with Gasteiger partial charge in [0.25, 0.3) is 0 Å². The SMILES string of the molecule is CC1(C)OB(c2ccc(-c3nccs3)nc2)OC1(C)C. The van der Waals surface area contributed by atoms with Crippen molar-refractivity contribution in [2.24, 2.45) is 0 Å². The van der Waals surface area contributed by atoms with Crippen molar-refractivity contribution in [1.82, 2.24) is 9.97 Å². The van der Waals surface area contributed by atoms with Crippen LogP contribution in [0.2, 0.25) is 0 Å². The van der Waals surface area contributed by atoms with Gasteiger partial charge in [-0.15, -0.1) is 11.3 Å². The fourth-order valence-corrected chi connectivity index (χ4v) is 2.61. The first-order chi connectivity index (χ1) is 9.39. The van der Waals surface area contributed by atoms with Crippen molar-refractivity contribution < 1.29 is 9.31 Å². The van der Waals surface area contributed by atoms with Crippen LogP contribution in [0, 0.1) is 0 Å². The zero-order valence-corrected chi connectivity index (χ0v) is 12.9. The Kier molecular flexibility index (Phi) is 3.19. The molecule has 1 aliphatic heterocycles. The number of aromatic nitrogens is 2. The molecule has 0 amide bonds. The predicted molar refractivity (Wildman–Crippen MR) is 81.1 cm³/mol. The molecule has 3 rings (SSSR count). The average Bonchev–Trinajstić information content (AvgIpc) is 2.97. The second-order valence-corrected chi connectivity index (χ2v) is 6.80. The third-order valence-electron chi connectivity index (χ3n) is 3.96. The molecule has 1 fully saturated rings. The van der Waals surface area contributed by atoms with Crippen molar-refractivity contribution in [2.45, 2.75) is 38.9 Å². The van der Waals surface area contributed by atoms with Gasteiger partial charge in [0.15, 0.2) is 0 Å². The second kappa shape index (κ2) is 4.65. The number of hydrogen-bond acceptors (Lipinski definition) is 5. The largest absolute Gasteiger partial charge is 0.496 e. The van der Waals surface area contributed by atoms with E-state index in [-0.39, 0.29) is 18.3 Å². The van der Waals surface area contributed by atoms with Gasteiger partial charge in [-0.2, -0.15) is 0 Å². The van der Waals surface area contributed by atoms with Crippen LogP contribution in [-0.2, 0) is 9.31 Å². The van der Waals surface area contributed by atoms with Crippen LogP contribution in [0.5, 0.6) is 0 Å². The highest BCUT2D eigenvalue weighted by Gasteiger charge is 2.51. The lowest BCUT2D eigenvalue weighted by Crippen LogP contribution is -2.41. The van der Waals surface area contributed by atoms with Crippen LogP contribution in [0.3, 0.4) is 0 Å². The highest BCUT2D eigenvalue weighted by atomic mass is 32.1. The summed E-state index contributed by atoms with van der Waals surface area (Å²) in [6.07, 6.45) is 3.59. The molecule has 0 atom stereocenters. The molecule has 2 aromatic rings. The molecule has 0 saturated carbocycles. The molecule has 1 saturated heterocycles. The molecule has 2 aromatic heterocycles. The van der Waals surface area contributed by atoms with Crippen LogP contribution in [0.25, 0.3) is 10.7 Å². The highest BCUT2D eigenvalue weighted by molar-refractivity contribution is 7.13. The first-order valence-corrected chi connectivity index (χ1v) is 7.48. The van der Waals surface area contributed by atoms with Gasteiger partial charge < -0.3 is 9.31 Å². The summed E-state index contributed by atoms with van der Waals surface area (Å²) in [5.41, 5.74) is 1.15. The summed E-state index contributed by atoms with van der Waals surface area (Å²) in [5, 5.41) is 2.87. The first kappa shape index (κ1) is 13.7. The van der Waals surface area contributed by atoms with Gasteiger partial charge in [0, 0.05) is 23.2 Å². The van der Waals surface area contributed by atoms with Crippen LogP contribution in [0.15, 0.2) is 29.9 Å². The molecule has 0 spiro atoms. The second-order valence-electron chi connectivity index (χ2n) is 5.90. The maximum atomic E-state index is 6.01. The Labute approximate surface area is 123 Å². The van der Waals surface area contributed by atoms with E-state index in [1.165, 1.54) is 0 Å². The van der Waals surface area contributed by atoms with Gasteiger partial charge in [-0.05, 0) is 33.8 Å². The van der Waals surface area contributed by atoms with Gasteiger partial charge in [0.05, 0.1) is 16.9 Å². The van der Waals surface area contributed by atoms with Gasteiger partial charge >= 0.3 is 7.12 Å². The van der Waals surface area contributed by atoms with Gasteiger partial charge in [0.1, 0.15) is 5.01 Å².